The predicted octanol–water partition coefficient (Wildman–Crippen LogP) is 2.18. The van der Waals surface area contributed by atoms with Gasteiger partial charge >= 0.3 is 0 Å². The molecule has 1 N–H and O–H groups in total. The Hall–Kier alpha value is -3.49. The highest BCUT2D eigenvalue weighted by Gasteiger charge is 2.26. The fourth-order valence-corrected chi connectivity index (χ4v) is 2.67. The molecule has 0 aliphatic carbocycles. The van der Waals surface area contributed by atoms with Crippen LogP contribution < -0.4 is 24.3 Å². The Bertz CT molecular complexity index is 869. The largest absolute Gasteiger partial charge is 0.493 e. The molecule has 3 rings (SSSR count). The lowest BCUT2D eigenvalue weighted by Crippen LogP contribution is -2.40. The van der Waals surface area contributed by atoms with E-state index in [1.165, 1.54) is 20.3 Å². The van der Waals surface area contributed by atoms with Crippen molar-refractivity contribution in [2.75, 3.05) is 27.4 Å². The molecule has 0 fully saturated rings. The van der Waals surface area contributed by atoms with Crippen LogP contribution in [0.1, 0.15) is 10.4 Å². The molecule has 2 aromatic carbocycles. The highest BCUT2D eigenvalue weighted by Crippen LogP contribution is 2.34. The Labute approximate surface area is 154 Å². The number of carbonyl (C=O) groups is 1. The number of nitrogens with zero attached hydrogens (tertiary/aromatic N) is 1. The first-order valence-corrected chi connectivity index (χ1v) is 8.10. The van der Waals surface area contributed by atoms with Crippen molar-refractivity contribution in [1.29, 1.82) is 0 Å². The fraction of sp³-hybridized carbons (Fsp3) is 0.278. The number of amides is 1. The van der Waals surface area contributed by atoms with Crippen LogP contribution in [0.4, 0.5) is 5.69 Å². The van der Waals surface area contributed by atoms with Gasteiger partial charge in [-0.05, 0) is 12.1 Å². The Kier molecular flexibility index (Phi) is 5.30. The lowest BCUT2D eigenvalue weighted by Gasteiger charge is -2.26. The number of rotatable bonds is 6. The molecule has 0 spiro atoms. The average molecular weight is 374 g/mol. The summed E-state index contributed by atoms with van der Waals surface area (Å²) in [7, 11) is 2.75. The van der Waals surface area contributed by atoms with Gasteiger partial charge in [-0.25, -0.2) is 0 Å². The molecule has 0 aromatic heterocycles. The maximum absolute atomic E-state index is 12.5. The van der Waals surface area contributed by atoms with Gasteiger partial charge in [0.25, 0.3) is 11.6 Å². The van der Waals surface area contributed by atoms with Crippen LogP contribution in [0.2, 0.25) is 0 Å². The van der Waals surface area contributed by atoms with Gasteiger partial charge in [0.2, 0.25) is 0 Å². The Morgan fingerprint density at radius 1 is 1.22 bits per heavy atom. The molecule has 0 unspecified atom stereocenters. The second kappa shape index (κ2) is 7.81. The van der Waals surface area contributed by atoms with Gasteiger partial charge in [0.05, 0.1) is 31.8 Å². The number of para-hydroxylation sites is 2. The number of hydrogen-bond donors (Lipinski definition) is 1. The van der Waals surface area contributed by atoms with Crippen molar-refractivity contribution in [1.82, 2.24) is 5.32 Å². The molecule has 0 saturated heterocycles. The van der Waals surface area contributed by atoms with E-state index in [0.717, 1.165) is 6.07 Å². The quantitative estimate of drug-likeness (QED) is 0.610. The average Bonchev–Trinajstić information content (AvgIpc) is 2.70. The van der Waals surface area contributed by atoms with Crippen molar-refractivity contribution in [3.63, 3.8) is 0 Å². The van der Waals surface area contributed by atoms with Crippen molar-refractivity contribution in [3.8, 4) is 23.0 Å². The lowest BCUT2D eigenvalue weighted by molar-refractivity contribution is -0.385. The lowest BCUT2D eigenvalue weighted by atomic mass is 10.1. The first kappa shape index (κ1) is 18.3. The molecule has 0 bridgehead atoms. The van der Waals surface area contributed by atoms with E-state index < -0.39 is 16.9 Å². The van der Waals surface area contributed by atoms with Gasteiger partial charge in [0.1, 0.15) is 18.3 Å². The minimum atomic E-state index is -0.645. The molecule has 2 aromatic rings. The number of carbonyl (C=O) groups excluding carboxylic acids is 1. The highest BCUT2D eigenvalue weighted by atomic mass is 16.6. The predicted molar refractivity (Wildman–Crippen MR) is 94.9 cm³/mol. The second-order valence-electron chi connectivity index (χ2n) is 5.69. The summed E-state index contributed by atoms with van der Waals surface area (Å²) in [5.41, 5.74) is -0.508. The zero-order valence-electron chi connectivity index (χ0n) is 14.8. The van der Waals surface area contributed by atoms with Crippen LogP contribution in [0.3, 0.4) is 0 Å². The van der Waals surface area contributed by atoms with E-state index in [1.54, 1.807) is 12.1 Å². The molecule has 1 heterocycles. The zero-order valence-corrected chi connectivity index (χ0v) is 14.8. The Morgan fingerprint density at radius 2 is 1.89 bits per heavy atom. The molecule has 1 aliphatic rings. The van der Waals surface area contributed by atoms with Gasteiger partial charge in [0.15, 0.2) is 23.0 Å². The number of ether oxygens (including phenoxy) is 4. The summed E-state index contributed by atoms with van der Waals surface area (Å²) in [6.45, 7) is 0.379. The normalized spacial score (nSPS) is 15.0. The number of nitro benzene ring substituents is 1. The van der Waals surface area contributed by atoms with E-state index in [0.29, 0.717) is 11.5 Å². The van der Waals surface area contributed by atoms with E-state index in [-0.39, 0.29) is 35.9 Å². The van der Waals surface area contributed by atoms with Crippen LogP contribution in [0.25, 0.3) is 0 Å². The summed E-state index contributed by atoms with van der Waals surface area (Å²) >= 11 is 0. The minimum absolute atomic E-state index is 0.124. The SMILES string of the molecule is COc1cc(C(=O)NC[C@@H]2COc3ccccc3O2)c([N+](=O)[O-])cc1OC. The molecular weight excluding hydrogens is 356 g/mol. The van der Waals surface area contributed by atoms with Gasteiger partial charge in [-0.2, -0.15) is 0 Å². The summed E-state index contributed by atoms with van der Waals surface area (Å²) < 4.78 is 21.5. The molecule has 1 aliphatic heterocycles. The van der Waals surface area contributed by atoms with Gasteiger partial charge in [-0.15, -0.1) is 0 Å². The van der Waals surface area contributed by atoms with Crippen molar-refractivity contribution in [3.05, 3.63) is 52.1 Å². The fourth-order valence-electron chi connectivity index (χ4n) is 2.67. The van der Waals surface area contributed by atoms with Crippen LogP contribution in [0.5, 0.6) is 23.0 Å². The van der Waals surface area contributed by atoms with E-state index >= 15 is 0 Å². The standard InChI is InChI=1S/C18H18N2O7/c1-24-16-7-12(13(20(22)23)8-17(16)25-2)18(21)19-9-11-10-26-14-5-3-4-6-15(14)27-11/h3-8,11H,9-10H2,1-2H3,(H,19,21)/t11-/m1/s1. The molecule has 1 amide bonds. The van der Waals surface area contributed by atoms with Crippen molar-refractivity contribution in [2.24, 2.45) is 0 Å². The summed E-state index contributed by atoms with van der Waals surface area (Å²) in [6, 6.07) is 9.64. The van der Waals surface area contributed by atoms with Crippen LogP contribution in [0, 0.1) is 10.1 Å². The molecule has 1 atom stereocenters. The smallest absolute Gasteiger partial charge is 0.286 e. The number of fused-ring (bicyclic) bond motifs is 1. The van der Waals surface area contributed by atoms with E-state index in [2.05, 4.69) is 5.32 Å². The number of hydrogen-bond acceptors (Lipinski definition) is 7. The molecule has 0 radical (unpaired) electrons. The van der Waals surface area contributed by atoms with Crippen LogP contribution >= 0.6 is 0 Å². The molecule has 0 saturated carbocycles. The third-order valence-corrected chi connectivity index (χ3v) is 4.00. The number of nitrogens with one attached hydrogen (secondary N) is 1. The minimum Gasteiger partial charge on any atom is -0.493 e. The van der Waals surface area contributed by atoms with Crippen LogP contribution in [-0.2, 0) is 0 Å². The van der Waals surface area contributed by atoms with Gasteiger partial charge in [0, 0.05) is 6.07 Å². The van der Waals surface area contributed by atoms with Crippen LogP contribution in [-0.4, -0.2) is 44.3 Å². The van der Waals surface area contributed by atoms with E-state index in [1.807, 2.05) is 12.1 Å². The summed E-state index contributed by atoms with van der Waals surface area (Å²) in [5, 5.41) is 14.0. The first-order chi connectivity index (χ1) is 13.0. The maximum atomic E-state index is 12.5. The second-order valence-corrected chi connectivity index (χ2v) is 5.69. The van der Waals surface area contributed by atoms with Gasteiger partial charge in [-0.1, -0.05) is 12.1 Å². The molecule has 142 valence electrons. The van der Waals surface area contributed by atoms with Crippen molar-refractivity contribution < 1.29 is 28.7 Å². The van der Waals surface area contributed by atoms with Crippen molar-refractivity contribution >= 4 is 11.6 Å². The zero-order chi connectivity index (χ0) is 19.4. The molecule has 9 heteroatoms. The summed E-state index contributed by atoms with van der Waals surface area (Å²) in [6.07, 6.45) is -0.414. The van der Waals surface area contributed by atoms with Gasteiger partial charge < -0.3 is 24.3 Å². The molecule has 27 heavy (non-hydrogen) atoms. The van der Waals surface area contributed by atoms with E-state index in [9.17, 15) is 14.9 Å². The third-order valence-electron chi connectivity index (χ3n) is 4.00. The molecule has 9 nitrogen and oxygen atoms in total. The van der Waals surface area contributed by atoms with Crippen molar-refractivity contribution in [2.45, 2.75) is 6.10 Å². The Balaban J connectivity index is 1.73. The summed E-state index contributed by atoms with van der Waals surface area (Å²) in [4.78, 5) is 23.2. The monoisotopic (exact) mass is 374 g/mol. The number of methoxy groups -OCH3 is 2. The van der Waals surface area contributed by atoms with E-state index in [4.69, 9.17) is 18.9 Å². The Morgan fingerprint density at radius 3 is 2.56 bits per heavy atom. The molecular formula is C18H18N2O7. The van der Waals surface area contributed by atoms with Gasteiger partial charge in [-0.3, -0.25) is 14.9 Å². The number of nitro groups is 1. The highest BCUT2D eigenvalue weighted by molar-refractivity contribution is 5.99. The van der Waals surface area contributed by atoms with Crippen LogP contribution in [0.15, 0.2) is 36.4 Å². The number of benzene rings is 2. The summed E-state index contributed by atoms with van der Waals surface area (Å²) in [5.74, 6) is 0.988. The first-order valence-electron chi connectivity index (χ1n) is 8.10. The third kappa shape index (κ3) is 3.86. The topological polar surface area (TPSA) is 109 Å². The maximum Gasteiger partial charge on any atom is 0.286 e.